The van der Waals surface area contributed by atoms with Crippen LogP contribution in [0.5, 0.6) is 0 Å². The van der Waals surface area contributed by atoms with E-state index in [0.29, 0.717) is 13.2 Å². The van der Waals surface area contributed by atoms with Crippen LogP contribution >= 0.6 is 0 Å². The van der Waals surface area contributed by atoms with Gasteiger partial charge in [-0.1, -0.05) is 19.6 Å². The summed E-state index contributed by atoms with van der Waals surface area (Å²) >= 11 is 0. The number of hydrogen-bond donors (Lipinski definition) is 0. The molecule has 0 spiro atoms. The van der Waals surface area contributed by atoms with Gasteiger partial charge in [0, 0.05) is 5.41 Å². The molecule has 11 heavy (non-hydrogen) atoms. The monoisotopic (exact) mass is 360 g/mol. The largest absolute Gasteiger partial charge is 1.00 e. The Morgan fingerprint density at radius 2 is 2.27 bits per heavy atom. The first-order valence-electron chi connectivity index (χ1n) is 3.02. The third-order valence-corrected chi connectivity index (χ3v) is 1.84. The van der Waals surface area contributed by atoms with Crippen LogP contribution in [0.3, 0.4) is 0 Å². The third-order valence-electron chi connectivity index (χ3n) is 1.84. The molecule has 1 heterocycles. The predicted molar refractivity (Wildman–Crippen MR) is 36.9 cm³/mol. The molecular formula is C8H11ClHgO. The van der Waals surface area contributed by atoms with E-state index in [-0.39, 0.29) is 45.5 Å². The van der Waals surface area contributed by atoms with Gasteiger partial charge in [-0.15, -0.1) is 6.58 Å². The first kappa shape index (κ1) is 14.2. The SMILES string of the molecule is [CH]=C1COCC1(C)C=C.[Cl-].[Hg+]. The fourth-order valence-electron chi connectivity index (χ4n) is 0.821. The van der Waals surface area contributed by atoms with Crippen LogP contribution in [0.15, 0.2) is 18.2 Å². The quantitative estimate of drug-likeness (QED) is 0.412. The molecule has 0 aliphatic carbocycles. The number of halogens is 1. The maximum atomic E-state index is 5.64. The Bertz CT molecular complexity index is 158. The van der Waals surface area contributed by atoms with Gasteiger partial charge in [-0.3, -0.25) is 0 Å². The molecule has 3 heteroatoms. The predicted octanol–water partition coefficient (Wildman–Crippen LogP) is -1.43. The molecule has 1 aliphatic heterocycles. The summed E-state index contributed by atoms with van der Waals surface area (Å²) < 4.78 is 5.13. The smallest absolute Gasteiger partial charge is 1.00 e. The van der Waals surface area contributed by atoms with Crippen LogP contribution in [0.25, 0.3) is 0 Å². The summed E-state index contributed by atoms with van der Waals surface area (Å²) in [5, 5.41) is 0. The average molecular weight is 359 g/mol. The molecule has 58 valence electrons. The van der Waals surface area contributed by atoms with E-state index in [4.69, 9.17) is 11.3 Å². The van der Waals surface area contributed by atoms with Gasteiger partial charge in [0.1, 0.15) is 0 Å². The Balaban J connectivity index is 0. The zero-order chi connectivity index (χ0) is 6.91. The van der Waals surface area contributed by atoms with E-state index in [9.17, 15) is 0 Å². The van der Waals surface area contributed by atoms with Gasteiger partial charge in [0.2, 0.25) is 0 Å². The molecule has 1 fully saturated rings. The Kier molecular flexibility index (Phi) is 6.89. The molecule has 0 aromatic carbocycles. The van der Waals surface area contributed by atoms with E-state index in [1.165, 1.54) is 0 Å². The van der Waals surface area contributed by atoms with Crippen molar-refractivity contribution in [3.05, 3.63) is 24.8 Å². The standard InChI is InChI=1S/C8H11O.ClH.Hg/c1-4-8(3)6-9-5-7(8)2;;/h2,4H,1,5-6H2,3H3;1H;/q;;+1/p-1. The van der Waals surface area contributed by atoms with Crippen molar-refractivity contribution in [3.8, 4) is 0 Å². The topological polar surface area (TPSA) is 9.23 Å². The minimum absolute atomic E-state index is 0. The second kappa shape index (κ2) is 5.34. The summed E-state index contributed by atoms with van der Waals surface area (Å²) in [6.07, 6.45) is 1.84. The maximum absolute atomic E-state index is 5.64. The maximum Gasteiger partial charge on any atom is 1.00 e. The van der Waals surface area contributed by atoms with Crippen LogP contribution in [0.2, 0.25) is 0 Å². The Morgan fingerprint density at radius 3 is 2.45 bits per heavy atom. The minimum atomic E-state index is -0.0694. The first-order chi connectivity index (χ1) is 4.19. The van der Waals surface area contributed by atoms with E-state index < -0.39 is 0 Å². The first-order valence-corrected chi connectivity index (χ1v) is 3.02. The van der Waals surface area contributed by atoms with Gasteiger partial charge in [-0.25, -0.2) is 0 Å². The summed E-state index contributed by atoms with van der Waals surface area (Å²) in [4.78, 5) is 0. The zero-order valence-electron chi connectivity index (χ0n) is 6.77. The second-order valence-corrected chi connectivity index (χ2v) is 2.64. The minimum Gasteiger partial charge on any atom is -1.00 e. The van der Waals surface area contributed by atoms with Crippen molar-refractivity contribution < 1.29 is 44.8 Å². The molecule has 0 amide bonds. The Labute approximate surface area is 94.8 Å². The van der Waals surface area contributed by atoms with Gasteiger partial charge in [-0.05, 0) is 5.57 Å². The molecular weight excluding hydrogens is 348 g/mol. The van der Waals surface area contributed by atoms with Gasteiger partial charge >= 0.3 is 27.7 Å². The van der Waals surface area contributed by atoms with E-state index in [1.807, 2.05) is 13.0 Å². The normalized spacial score (nSPS) is 28.6. The molecule has 0 saturated carbocycles. The van der Waals surface area contributed by atoms with E-state index >= 15 is 0 Å². The van der Waals surface area contributed by atoms with Crippen LogP contribution in [0.1, 0.15) is 6.92 Å². The molecule has 0 aromatic rings. The van der Waals surface area contributed by atoms with Crippen molar-refractivity contribution in [1.82, 2.24) is 0 Å². The van der Waals surface area contributed by atoms with Crippen molar-refractivity contribution in [1.29, 1.82) is 0 Å². The molecule has 1 saturated heterocycles. The van der Waals surface area contributed by atoms with Gasteiger partial charge < -0.3 is 17.1 Å². The van der Waals surface area contributed by atoms with E-state index in [0.717, 1.165) is 5.57 Å². The third kappa shape index (κ3) is 2.88. The summed E-state index contributed by atoms with van der Waals surface area (Å²) in [6.45, 7) is 12.6. The van der Waals surface area contributed by atoms with Crippen molar-refractivity contribution in [2.24, 2.45) is 5.41 Å². The van der Waals surface area contributed by atoms with E-state index in [1.54, 1.807) is 0 Å². The van der Waals surface area contributed by atoms with Gasteiger partial charge in [-0.2, -0.15) is 0 Å². The van der Waals surface area contributed by atoms with Crippen LogP contribution in [-0.4, -0.2) is 13.2 Å². The molecule has 1 aliphatic rings. The van der Waals surface area contributed by atoms with Gasteiger partial charge in [0.15, 0.2) is 0 Å². The molecule has 0 bridgehead atoms. The number of ether oxygens (including phenoxy) is 1. The van der Waals surface area contributed by atoms with Crippen LogP contribution < -0.4 is 12.4 Å². The molecule has 0 N–H and O–H groups in total. The van der Waals surface area contributed by atoms with Crippen molar-refractivity contribution in [3.63, 3.8) is 0 Å². The fraction of sp³-hybridized carbons (Fsp3) is 0.500. The summed E-state index contributed by atoms with van der Waals surface area (Å²) in [7, 11) is 0. The van der Waals surface area contributed by atoms with Crippen molar-refractivity contribution in [2.75, 3.05) is 13.2 Å². The zero-order valence-corrected chi connectivity index (χ0v) is 13.0. The summed E-state index contributed by atoms with van der Waals surface area (Å²) in [5.41, 5.74) is 0.817. The molecule has 1 nitrogen and oxygen atoms in total. The number of hydrogen-bond acceptors (Lipinski definition) is 1. The molecule has 0 aromatic heterocycles. The second-order valence-electron chi connectivity index (χ2n) is 2.64. The average Bonchev–Trinajstić information content (AvgIpc) is 2.15. The van der Waals surface area contributed by atoms with Crippen LogP contribution in [0.4, 0.5) is 0 Å². The molecule has 1 unspecified atom stereocenters. The Morgan fingerprint density at radius 1 is 1.73 bits per heavy atom. The molecule has 2 radical (unpaired) electrons. The van der Waals surface area contributed by atoms with Gasteiger partial charge in [0.05, 0.1) is 13.2 Å². The summed E-state index contributed by atoms with van der Waals surface area (Å²) in [5.74, 6) is 0. The Hall–Kier alpha value is 0.665. The van der Waals surface area contributed by atoms with Crippen LogP contribution in [0, 0.1) is 12.0 Å². The summed E-state index contributed by atoms with van der Waals surface area (Å²) in [6, 6.07) is 0. The fourth-order valence-corrected chi connectivity index (χ4v) is 0.821. The van der Waals surface area contributed by atoms with Crippen molar-refractivity contribution in [2.45, 2.75) is 6.92 Å². The van der Waals surface area contributed by atoms with Crippen LogP contribution in [-0.2, 0) is 32.4 Å². The molecule has 1 atom stereocenters. The van der Waals surface area contributed by atoms with Crippen molar-refractivity contribution >= 4 is 0 Å². The van der Waals surface area contributed by atoms with E-state index in [2.05, 4.69) is 6.58 Å². The molecule has 1 rings (SSSR count). The van der Waals surface area contributed by atoms with Gasteiger partial charge in [0.25, 0.3) is 0 Å². The number of rotatable bonds is 1.